The highest BCUT2D eigenvalue weighted by Gasteiger charge is 2.15. The molecule has 0 radical (unpaired) electrons. The molecule has 0 heterocycles. The fraction of sp³-hybridized carbons (Fsp3) is 0.667. The second-order valence-electron chi connectivity index (χ2n) is 6.08. The molecule has 1 saturated carbocycles. The Hall–Kier alpha value is -1.22. The standard InChI is InChI=1S/C18H29NO2/c1-14(19-12-11-15-7-5-4-6-8-15)17-10-9-16(20-2)13-18(17)21-3/h9-10,13-15,19H,4-8,11-12H2,1-3H3. The van der Waals surface area contributed by atoms with Crippen LogP contribution >= 0.6 is 0 Å². The van der Waals surface area contributed by atoms with Crippen molar-refractivity contribution in [3.05, 3.63) is 23.8 Å². The normalized spacial score (nSPS) is 17.5. The van der Waals surface area contributed by atoms with E-state index >= 15 is 0 Å². The molecule has 1 aromatic rings. The van der Waals surface area contributed by atoms with Crippen molar-refractivity contribution in [3.8, 4) is 11.5 Å². The van der Waals surface area contributed by atoms with Gasteiger partial charge in [-0.1, -0.05) is 38.2 Å². The van der Waals surface area contributed by atoms with Crippen LogP contribution < -0.4 is 14.8 Å². The lowest BCUT2D eigenvalue weighted by Crippen LogP contribution is -2.23. The molecule has 3 nitrogen and oxygen atoms in total. The smallest absolute Gasteiger partial charge is 0.127 e. The van der Waals surface area contributed by atoms with Crippen LogP contribution in [0.2, 0.25) is 0 Å². The van der Waals surface area contributed by atoms with E-state index in [0.29, 0.717) is 6.04 Å². The molecule has 1 aliphatic rings. The van der Waals surface area contributed by atoms with Gasteiger partial charge in [-0.3, -0.25) is 0 Å². The molecule has 1 aromatic carbocycles. The summed E-state index contributed by atoms with van der Waals surface area (Å²) in [5, 5.41) is 3.64. The summed E-state index contributed by atoms with van der Waals surface area (Å²) in [6.45, 7) is 3.28. The van der Waals surface area contributed by atoms with Crippen molar-refractivity contribution >= 4 is 0 Å². The Kier molecular flexibility index (Phi) is 6.37. The fourth-order valence-corrected chi connectivity index (χ4v) is 3.27. The minimum atomic E-state index is 0.300. The van der Waals surface area contributed by atoms with E-state index < -0.39 is 0 Å². The molecule has 1 fully saturated rings. The molecule has 0 bridgehead atoms. The highest BCUT2D eigenvalue weighted by atomic mass is 16.5. The Balaban J connectivity index is 1.85. The van der Waals surface area contributed by atoms with Crippen molar-refractivity contribution in [2.24, 2.45) is 5.92 Å². The summed E-state index contributed by atoms with van der Waals surface area (Å²) in [6, 6.07) is 6.34. The number of ether oxygens (including phenoxy) is 2. The summed E-state index contributed by atoms with van der Waals surface area (Å²) in [6.07, 6.45) is 8.41. The number of nitrogens with one attached hydrogen (secondary N) is 1. The summed E-state index contributed by atoms with van der Waals surface area (Å²) >= 11 is 0. The number of methoxy groups -OCH3 is 2. The summed E-state index contributed by atoms with van der Waals surface area (Å²) in [7, 11) is 3.40. The fourth-order valence-electron chi connectivity index (χ4n) is 3.27. The molecule has 3 heteroatoms. The molecule has 1 atom stereocenters. The lowest BCUT2D eigenvalue weighted by molar-refractivity contribution is 0.328. The van der Waals surface area contributed by atoms with Crippen LogP contribution in [0.15, 0.2) is 18.2 Å². The molecule has 2 rings (SSSR count). The molecular weight excluding hydrogens is 262 g/mol. The van der Waals surface area contributed by atoms with Gasteiger partial charge in [-0.15, -0.1) is 0 Å². The maximum Gasteiger partial charge on any atom is 0.127 e. The van der Waals surface area contributed by atoms with Gasteiger partial charge in [0.05, 0.1) is 14.2 Å². The van der Waals surface area contributed by atoms with Gasteiger partial charge in [-0.2, -0.15) is 0 Å². The van der Waals surface area contributed by atoms with Crippen molar-refractivity contribution in [1.29, 1.82) is 0 Å². The quantitative estimate of drug-likeness (QED) is 0.811. The van der Waals surface area contributed by atoms with Crippen LogP contribution in [0.25, 0.3) is 0 Å². The highest BCUT2D eigenvalue weighted by molar-refractivity contribution is 5.42. The van der Waals surface area contributed by atoms with Gasteiger partial charge in [0.25, 0.3) is 0 Å². The van der Waals surface area contributed by atoms with E-state index in [-0.39, 0.29) is 0 Å². The van der Waals surface area contributed by atoms with Crippen LogP contribution in [0.5, 0.6) is 11.5 Å². The van der Waals surface area contributed by atoms with Crippen molar-refractivity contribution in [2.45, 2.75) is 51.5 Å². The van der Waals surface area contributed by atoms with Crippen molar-refractivity contribution in [2.75, 3.05) is 20.8 Å². The average molecular weight is 291 g/mol. The lowest BCUT2D eigenvalue weighted by Gasteiger charge is -2.23. The molecule has 21 heavy (non-hydrogen) atoms. The van der Waals surface area contributed by atoms with Gasteiger partial charge in [0.1, 0.15) is 11.5 Å². The first-order valence-electron chi connectivity index (χ1n) is 8.20. The molecule has 1 unspecified atom stereocenters. The van der Waals surface area contributed by atoms with E-state index in [9.17, 15) is 0 Å². The van der Waals surface area contributed by atoms with Crippen LogP contribution in [0.4, 0.5) is 0 Å². The van der Waals surface area contributed by atoms with Gasteiger partial charge in [0.15, 0.2) is 0 Å². The Bertz CT molecular complexity index is 427. The third kappa shape index (κ3) is 4.63. The zero-order chi connectivity index (χ0) is 15.1. The average Bonchev–Trinajstić information content (AvgIpc) is 2.55. The van der Waals surface area contributed by atoms with E-state index in [1.807, 2.05) is 12.1 Å². The minimum Gasteiger partial charge on any atom is -0.497 e. The second-order valence-corrected chi connectivity index (χ2v) is 6.08. The number of hydrogen-bond donors (Lipinski definition) is 1. The van der Waals surface area contributed by atoms with E-state index in [2.05, 4.69) is 18.3 Å². The van der Waals surface area contributed by atoms with E-state index in [4.69, 9.17) is 9.47 Å². The van der Waals surface area contributed by atoms with Crippen molar-refractivity contribution in [3.63, 3.8) is 0 Å². The third-order valence-electron chi connectivity index (χ3n) is 4.64. The van der Waals surface area contributed by atoms with E-state index in [1.165, 1.54) is 44.1 Å². The first-order chi connectivity index (χ1) is 10.2. The van der Waals surface area contributed by atoms with Crippen molar-refractivity contribution in [1.82, 2.24) is 5.32 Å². The maximum atomic E-state index is 5.49. The minimum absolute atomic E-state index is 0.300. The van der Waals surface area contributed by atoms with Gasteiger partial charge in [-0.05, 0) is 31.9 Å². The lowest BCUT2D eigenvalue weighted by atomic mass is 9.87. The molecule has 1 aliphatic carbocycles. The van der Waals surface area contributed by atoms with E-state index in [0.717, 1.165) is 24.0 Å². The van der Waals surface area contributed by atoms with Crippen LogP contribution in [0.3, 0.4) is 0 Å². The monoisotopic (exact) mass is 291 g/mol. The molecule has 0 aromatic heterocycles. The molecule has 0 saturated heterocycles. The zero-order valence-electron chi connectivity index (χ0n) is 13.7. The topological polar surface area (TPSA) is 30.5 Å². The predicted octanol–water partition coefficient (Wildman–Crippen LogP) is 4.32. The van der Waals surface area contributed by atoms with Gasteiger partial charge < -0.3 is 14.8 Å². The van der Waals surface area contributed by atoms with Gasteiger partial charge in [-0.25, -0.2) is 0 Å². The van der Waals surface area contributed by atoms with Gasteiger partial charge in [0, 0.05) is 17.7 Å². The summed E-state index contributed by atoms with van der Waals surface area (Å²) in [4.78, 5) is 0. The Labute approximate surface area is 129 Å². The van der Waals surface area contributed by atoms with Crippen LogP contribution in [0.1, 0.15) is 57.1 Å². The number of benzene rings is 1. The van der Waals surface area contributed by atoms with E-state index in [1.54, 1.807) is 14.2 Å². The third-order valence-corrected chi connectivity index (χ3v) is 4.64. The largest absolute Gasteiger partial charge is 0.497 e. The van der Waals surface area contributed by atoms with Crippen molar-refractivity contribution < 1.29 is 9.47 Å². The SMILES string of the molecule is COc1ccc(C(C)NCCC2CCCCC2)c(OC)c1. The first-order valence-corrected chi connectivity index (χ1v) is 8.20. The summed E-state index contributed by atoms with van der Waals surface area (Å²) in [5.41, 5.74) is 1.20. The predicted molar refractivity (Wildman–Crippen MR) is 87.2 cm³/mol. The van der Waals surface area contributed by atoms with Crippen LogP contribution in [-0.2, 0) is 0 Å². The Morgan fingerprint density at radius 3 is 2.57 bits per heavy atom. The number of rotatable bonds is 7. The first kappa shape index (κ1) is 16.2. The zero-order valence-corrected chi connectivity index (χ0v) is 13.7. The highest BCUT2D eigenvalue weighted by Crippen LogP contribution is 2.30. The Morgan fingerprint density at radius 2 is 1.90 bits per heavy atom. The summed E-state index contributed by atoms with van der Waals surface area (Å²) in [5.74, 6) is 2.66. The molecule has 0 spiro atoms. The van der Waals surface area contributed by atoms with Crippen LogP contribution in [0, 0.1) is 5.92 Å². The number of hydrogen-bond acceptors (Lipinski definition) is 3. The summed E-state index contributed by atoms with van der Waals surface area (Å²) < 4.78 is 10.7. The molecule has 0 aliphatic heterocycles. The Morgan fingerprint density at radius 1 is 1.14 bits per heavy atom. The second kappa shape index (κ2) is 8.28. The van der Waals surface area contributed by atoms with Crippen LogP contribution in [-0.4, -0.2) is 20.8 Å². The molecular formula is C18H29NO2. The van der Waals surface area contributed by atoms with Gasteiger partial charge in [0.2, 0.25) is 0 Å². The molecule has 118 valence electrons. The molecule has 0 amide bonds. The molecule has 1 N–H and O–H groups in total. The maximum absolute atomic E-state index is 5.49. The van der Waals surface area contributed by atoms with Gasteiger partial charge >= 0.3 is 0 Å².